The number of carbonyl (C=O) groups excluding carboxylic acids is 1. The number of nitrogens with zero attached hydrogens (tertiary/aromatic N) is 1. The first-order valence-electron chi connectivity index (χ1n) is 9.69. The lowest BCUT2D eigenvalue weighted by Crippen LogP contribution is -2.29. The van der Waals surface area contributed by atoms with Gasteiger partial charge in [-0.1, -0.05) is 36.8 Å². The van der Waals surface area contributed by atoms with E-state index in [-0.39, 0.29) is 5.91 Å². The molecule has 0 spiro atoms. The van der Waals surface area contributed by atoms with Gasteiger partial charge in [0.2, 0.25) is 0 Å². The normalized spacial score (nSPS) is 15.0. The van der Waals surface area contributed by atoms with Crippen LogP contribution in [0.15, 0.2) is 36.4 Å². The van der Waals surface area contributed by atoms with E-state index < -0.39 is 0 Å². The number of carbonyl (C=O) groups is 1. The highest BCUT2D eigenvalue weighted by atomic mass is 16.1. The Balaban J connectivity index is 1.56. The summed E-state index contributed by atoms with van der Waals surface area (Å²) in [5.74, 6) is 0.00277. The second-order valence-electron chi connectivity index (χ2n) is 7.59. The average Bonchev–Trinajstić information content (AvgIpc) is 2.65. The summed E-state index contributed by atoms with van der Waals surface area (Å²) in [4.78, 5) is 15.0. The summed E-state index contributed by atoms with van der Waals surface area (Å²) in [5.41, 5.74) is 6.68. The number of nitrogens with one attached hydrogen (secondary N) is 1. The van der Waals surface area contributed by atoms with Crippen molar-refractivity contribution in [3.05, 3.63) is 69.8 Å². The summed E-state index contributed by atoms with van der Waals surface area (Å²) in [7, 11) is 0. The maximum absolute atomic E-state index is 12.5. The number of piperidine rings is 1. The Morgan fingerprint density at radius 2 is 1.50 bits per heavy atom. The van der Waals surface area contributed by atoms with Crippen molar-refractivity contribution < 1.29 is 4.79 Å². The topological polar surface area (TPSA) is 32.3 Å². The number of aryl methyl sites for hydroxylation is 3. The molecule has 3 heteroatoms. The minimum absolute atomic E-state index is 0.00277. The number of benzene rings is 2. The summed E-state index contributed by atoms with van der Waals surface area (Å²) in [6.07, 6.45) is 4.01. The van der Waals surface area contributed by atoms with Gasteiger partial charge in [0.1, 0.15) is 0 Å². The maximum atomic E-state index is 12.5. The molecule has 26 heavy (non-hydrogen) atoms. The molecule has 1 amide bonds. The first-order chi connectivity index (χ1) is 12.5. The molecule has 0 unspecified atom stereocenters. The fraction of sp³-hybridized carbons (Fsp3) is 0.435. The minimum Gasteiger partial charge on any atom is -0.348 e. The van der Waals surface area contributed by atoms with E-state index in [4.69, 9.17) is 0 Å². The monoisotopic (exact) mass is 350 g/mol. The van der Waals surface area contributed by atoms with Gasteiger partial charge < -0.3 is 5.32 Å². The zero-order chi connectivity index (χ0) is 18.5. The van der Waals surface area contributed by atoms with Gasteiger partial charge in [-0.3, -0.25) is 9.69 Å². The molecule has 2 aromatic rings. The predicted octanol–water partition coefficient (Wildman–Crippen LogP) is 4.53. The largest absolute Gasteiger partial charge is 0.348 e. The van der Waals surface area contributed by atoms with Crippen LogP contribution in [0.4, 0.5) is 0 Å². The molecule has 1 aliphatic heterocycles. The minimum atomic E-state index is 0.00277. The lowest BCUT2D eigenvalue weighted by molar-refractivity contribution is 0.0950. The van der Waals surface area contributed by atoms with E-state index in [9.17, 15) is 4.79 Å². The highest BCUT2D eigenvalue weighted by molar-refractivity contribution is 5.95. The molecule has 1 N–H and O–H groups in total. The highest BCUT2D eigenvalue weighted by Gasteiger charge is 2.12. The van der Waals surface area contributed by atoms with E-state index >= 15 is 0 Å². The van der Waals surface area contributed by atoms with Crippen molar-refractivity contribution in [3.63, 3.8) is 0 Å². The maximum Gasteiger partial charge on any atom is 0.251 e. The van der Waals surface area contributed by atoms with Crippen molar-refractivity contribution in [2.75, 3.05) is 13.1 Å². The Kier molecular flexibility index (Phi) is 6.10. The second kappa shape index (κ2) is 8.50. The van der Waals surface area contributed by atoms with Crippen LogP contribution in [0, 0.1) is 20.8 Å². The summed E-state index contributed by atoms with van der Waals surface area (Å²) in [5, 5.41) is 3.05. The Morgan fingerprint density at radius 1 is 0.885 bits per heavy atom. The Hall–Kier alpha value is -2.13. The fourth-order valence-electron chi connectivity index (χ4n) is 3.62. The van der Waals surface area contributed by atoms with Crippen LogP contribution in [0.25, 0.3) is 0 Å². The lowest BCUT2D eigenvalue weighted by Gasteiger charge is -2.26. The molecule has 1 saturated heterocycles. The molecule has 3 rings (SSSR count). The smallest absolute Gasteiger partial charge is 0.251 e. The van der Waals surface area contributed by atoms with Crippen LogP contribution >= 0.6 is 0 Å². The fourth-order valence-corrected chi connectivity index (χ4v) is 3.62. The SMILES string of the molecule is Cc1cc(C)c(C(=O)NCc2ccc(CN3CCCCC3)cc2)cc1C. The molecule has 3 nitrogen and oxygen atoms in total. The summed E-state index contributed by atoms with van der Waals surface area (Å²) in [6.45, 7) is 10.2. The highest BCUT2D eigenvalue weighted by Crippen LogP contribution is 2.16. The van der Waals surface area contributed by atoms with E-state index in [1.165, 1.54) is 43.5 Å². The van der Waals surface area contributed by atoms with E-state index in [1.807, 2.05) is 19.9 Å². The molecular weight excluding hydrogens is 320 g/mol. The number of hydrogen-bond donors (Lipinski definition) is 1. The Morgan fingerprint density at radius 3 is 2.19 bits per heavy atom. The molecule has 0 aliphatic carbocycles. The van der Waals surface area contributed by atoms with Gasteiger partial charge in [0.05, 0.1) is 0 Å². The molecular formula is C23H30N2O. The van der Waals surface area contributed by atoms with Crippen LogP contribution in [0.2, 0.25) is 0 Å². The third kappa shape index (κ3) is 4.73. The van der Waals surface area contributed by atoms with Gasteiger partial charge in [-0.2, -0.15) is 0 Å². The molecule has 2 aromatic carbocycles. The molecule has 1 fully saturated rings. The quantitative estimate of drug-likeness (QED) is 0.859. The summed E-state index contributed by atoms with van der Waals surface area (Å²) < 4.78 is 0. The van der Waals surface area contributed by atoms with Gasteiger partial charge >= 0.3 is 0 Å². The number of likely N-dealkylation sites (tertiary alicyclic amines) is 1. The first kappa shape index (κ1) is 18.7. The summed E-state index contributed by atoms with van der Waals surface area (Å²) in [6, 6.07) is 12.7. The molecule has 1 aliphatic rings. The number of hydrogen-bond acceptors (Lipinski definition) is 2. The molecule has 0 aromatic heterocycles. The van der Waals surface area contributed by atoms with E-state index in [0.29, 0.717) is 6.54 Å². The number of amides is 1. The van der Waals surface area contributed by atoms with Crippen LogP contribution in [-0.2, 0) is 13.1 Å². The van der Waals surface area contributed by atoms with Crippen LogP contribution < -0.4 is 5.32 Å². The molecule has 1 heterocycles. The Bertz CT molecular complexity index is 759. The second-order valence-corrected chi connectivity index (χ2v) is 7.59. The average molecular weight is 351 g/mol. The molecule has 0 atom stereocenters. The number of rotatable bonds is 5. The van der Waals surface area contributed by atoms with Crippen LogP contribution in [0.1, 0.15) is 57.4 Å². The molecule has 138 valence electrons. The van der Waals surface area contributed by atoms with Gasteiger partial charge in [0.25, 0.3) is 5.91 Å². The third-order valence-electron chi connectivity index (χ3n) is 5.42. The molecule has 0 bridgehead atoms. The Labute approximate surface area is 157 Å². The van der Waals surface area contributed by atoms with Crippen molar-refractivity contribution in [1.29, 1.82) is 0 Å². The summed E-state index contributed by atoms with van der Waals surface area (Å²) >= 11 is 0. The van der Waals surface area contributed by atoms with Crippen LogP contribution in [-0.4, -0.2) is 23.9 Å². The van der Waals surface area contributed by atoms with E-state index in [1.54, 1.807) is 0 Å². The van der Waals surface area contributed by atoms with Crippen LogP contribution in [0.5, 0.6) is 0 Å². The molecule has 0 radical (unpaired) electrons. The van der Waals surface area contributed by atoms with Crippen molar-refractivity contribution in [2.24, 2.45) is 0 Å². The van der Waals surface area contributed by atoms with Gasteiger partial charge in [0.15, 0.2) is 0 Å². The van der Waals surface area contributed by atoms with Crippen molar-refractivity contribution in [2.45, 2.75) is 53.1 Å². The third-order valence-corrected chi connectivity index (χ3v) is 5.42. The van der Waals surface area contributed by atoms with Crippen molar-refractivity contribution in [1.82, 2.24) is 10.2 Å². The van der Waals surface area contributed by atoms with Crippen molar-refractivity contribution >= 4 is 5.91 Å². The molecule has 0 saturated carbocycles. The van der Waals surface area contributed by atoms with Crippen molar-refractivity contribution in [3.8, 4) is 0 Å². The zero-order valence-corrected chi connectivity index (χ0v) is 16.3. The van der Waals surface area contributed by atoms with Gasteiger partial charge in [-0.25, -0.2) is 0 Å². The van der Waals surface area contributed by atoms with E-state index in [0.717, 1.165) is 28.8 Å². The van der Waals surface area contributed by atoms with Crippen LogP contribution in [0.3, 0.4) is 0 Å². The zero-order valence-electron chi connectivity index (χ0n) is 16.3. The van der Waals surface area contributed by atoms with E-state index in [2.05, 4.69) is 47.5 Å². The predicted molar refractivity (Wildman–Crippen MR) is 107 cm³/mol. The standard InChI is InChI=1S/C23H30N2O/c1-17-13-19(3)22(14-18(17)2)23(26)24-15-20-7-9-21(10-8-20)16-25-11-5-4-6-12-25/h7-10,13-14H,4-6,11-12,15-16H2,1-3H3,(H,24,26). The van der Waals surface area contributed by atoms with Gasteiger partial charge in [-0.05, 0) is 80.6 Å². The van der Waals surface area contributed by atoms with Gasteiger partial charge in [-0.15, -0.1) is 0 Å². The van der Waals surface area contributed by atoms with Gasteiger partial charge in [0, 0.05) is 18.7 Å². The lowest BCUT2D eigenvalue weighted by atomic mass is 10.0. The first-order valence-corrected chi connectivity index (χ1v) is 9.69.